The molecule has 1 aromatic heterocycles. The number of hydrogen-bond donors (Lipinski definition) is 2. The van der Waals surface area contributed by atoms with E-state index in [1.807, 2.05) is 6.07 Å². The molecule has 2 aromatic rings. The number of rotatable bonds is 5. The molecule has 106 valence electrons. The molecule has 1 amide bonds. The fourth-order valence-electron chi connectivity index (χ4n) is 1.82. The maximum Gasteiger partial charge on any atom is 0.345 e. The quantitative estimate of drug-likeness (QED) is 0.888. The van der Waals surface area contributed by atoms with Gasteiger partial charge in [-0.15, -0.1) is 11.3 Å². The molecule has 0 aliphatic carbocycles. The van der Waals surface area contributed by atoms with Gasteiger partial charge in [0.1, 0.15) is 4.88 Å². The number of nitrogens with one attached hydrogen (secondary N) is 1. The van der Waals surface area contributed by atoms with Crippen LogP contribution in [0.15, 0.2) is 24.3 Å². The van der Waals surface area contributed by atoms with E-state index in [1.54, 1.807) is 32.2 Å². The molecule has 0 radical (unpaired) electrons. The summed E-state index contributed by atoms with van der Waals surface area (Å²) in [6.07, 6.45) is 0. The van der Waals surface area contributed by atoms with Crippen LogP contribution >= 0.6 is 11.3 Å². The van der Waals surface area contributed by atoms with E-state index in [4.69, 9.17) is 9.84 Å². The molecule has 1 atom stereocenters. The molecule has 1 heterocycles. The van der Waals surface area contributed by atoms with Gasteiger partial charge in [-0.1, -0.05) is 6.92 Å². The summed E-state index contributed by atoms with van der Waals surface area (Å²) in [5, 5.41) is 12.6. The first-order valence-electron chi connectivity index (χ1n) is 6.08. The van der Waals surface area contributed by atoms with Crippen molar-refractivity contribution in [3.8, 4) is 0 Å². The van der Waals surface area contributed by atoms with E-state index in [-0.39, 0.29) is 16.7 Å². The fourth-order valence-corrected chi connectivity index (χ4v) is 2.70. The molecule has 0 saturated heterocycles. The van der Waals surface area contributed by atoms with Crippen molar-refractivity contribution in [1.82, 2.24) is 0 Å². The number of fused-ring (bicyclic) bond motifs is 1. The van der Waals surface area contributed by atoms with Crippen LogP contribution in [0.5, 0.6) is 0 Å². The van der Waals surface area contributed by atoms with Gasteiger partial charge in [0.15, 0.2) is 0 Å². The van der Waals surface area contributed by atoms with Gasteiger partial charge in [0.05, 0.1) is 12.5 Å². The van der Waals surface area contributed by atoms with Gasteiger partial charge in [0.2, 0.25) is 5.91 Å². The Morgan fingerprint density at radius 2 is 2.15 bits per heavy atom. The lowest BCUT2D eigenvalue weighted by molar-refractivity contribution is -0.120. The first-order chi connectivity index (χ1) is 9.51. The summed E-state index contributed by atoms with van der Waals surface area (Å²) in [5.74, 6) is -1.31. The normalized spacial score (nSPS) is 12.3. The van der Waals surface area contributed by atoms with Crippen LogP contribution in [0.1, 0.15) is 16.6 Å². The second-order valence-corrected chi connectivity index (χ2v) is 5.60. The molecule has 5 nitrogen and oxygen atoms in total. The predicted molar refractivity (Wildman–Crippen MR) is 78.5 cm³/mol. The number of anilines is 1. The van der Waals surface area contributed by atoms with Crippen LogP contribution in [0.3, 0.4) is 0 Å². The molecule has 0 saturated carbocycles. The maximum atomic E-state index is 11.9. The summed E-state index contributed by atoms with van der Waals surface area (Å²) in [4.78, 5) is 23.1. The summed E-state index contributed by atoms with van der Waals surface area (Å²) >= 11 is 1.22. The highest BCUT2D eigenvalue weighted by atomic mass is 32.1. The van der Waals surface area contributed by atoms with E-state index in [1.165, 1.54) is 11.3 Å². The molecule has 0 spiro atoms. The number of ether oxygens (including phenoxy) is 1. The minimum Gasteiger partial charge on any atom is -0.477 e. The number of thiophene rings is 1. The monoisotopic (exact) mass is 293 g/mol. The van der Waals surface area contributed by atoms with Crippen LogP contribution in [-0.2, 0) is 9.53 Å². The summed E-state index contributed by atoms with van der Waals surface area (Å²) in [7, 11) is 1.55. The number of amides is 1. The van der Waals surface area contributed by atoms with E-state index in [0.29, 0.717) is 12.3 Å². The van der Waals surface area contributed by atoms with E-state index < -0.39 is 5.97 Å². The average molecular weight is 293 g/mol. The Morgan fingerprint density at radius 1 is 1.40 bits per heavy atom. The lowest BCUT2D eigenvalue weighted by atomic mass is 10.1. The van der Waals surface area contributed by atoms with Crippen LogP contribution in [0.2, 0.25) is 0 Å². The highest BCUT2D eigenvalue weighted by molar-refractivity contribution is 7.20. The van der Waals surface area contributed by atoms with Gasteiger partial charge in [-0.25, -0.2) is 4.79 Å². The van der Waals surface area contributed by atoms with Crippen LogP contribution in [0, 0.1) is 5.92 Å². The van der Waals surface area contributed by atoms with Gasteiger partial charge in [-0.05, 0) is 29.7 Å². The van der Waals surface area contributed by atoms with E-state index in [0.717, 1.165) is 10.1 Å². The third-order valence-electron chi connectivity index (χ3n) is 2.86. The highest BCUT2D eigenvalue weighted by Crippen LogP contribution is 2.28. The Balaban J connectivity index is 2.19. The van der Waals surface area contributed by atoms with Gasteiger partial charge in [0.25, 0.3) is 0 Å². The molecule has 2 N–H and O–H groups in total. The molecular weight excluding hydrogens is 278 g/mol. The highest BCUT2D eigenvalue weighted by Gasteiger charge is 2.13. The predicted octanol–water partition coefficient (Wildman–Crippen LogP) is 2.82. The van der Waals surface area contributed by atoms with Crippen LogP contribution in [0.4, 0.5) is 5.69 Å². The molecule has 1 aromatic carbocycles. The van der Waals surface area contributed by atoms with Crippen molar-refractivity contribution in [2.45, 2.75) is 6.92 Å². The number of hydrogen-bond acceptors (Lipinski definition) is 4. The first-order valence-corrected chi connectivity index (χ1v) is 6.89. The van der Waals surface area contributed by atoms with Gasteiger partial charge in [0, 0.05) is 17.5 Å². The molecule has 20 heavy (non-hydrogen) atoms. The third kappa shape index (κ3) is 3.15. The summed E-state index contributed by atoms with van der Waals surface area (Å²) < 4.78 is 5.82. The number of carbonyl (C=O) groups excluding carboxylic acids is 1. The van der Waals surface area contributed by atoms with Crippen molar-refractivity contribution in [1.29, 1.82) is 0 Å². The van der Waals surface area contributed by atoms with Gasteiger partial charge in [-0.3, -0.25) is 4.79 Å². The second-order valence-electron chi connectivity index (χ2n) is 4.51. The van der Waals surface area contributed by atoms with E-state index in [9.17, 15) is 9.59 Å². The Labute approximate surface area is 120 Å². The van der Waals surface area contributed by atoms with Gasteiger partial charge < -0.3 is 15.2 Å². The number of benzene rings is 1. The fraction of sp³-hybridized carbons (Fsp3) is 0.286. The maximum absolute atomic E-state index is 11.9. The van der Waals surface area contributed by atoms with Crippen LogP contribution in [0.25, 0.3) is 10.1 Å². The van der Waals surface area contributed by atoms with Crippen LogP contribution in [-0.4, -0.2) is 30.7 Å². The van der Waals surface area contributed by atoms with Gasteiger partial charge >= 0.3 is 5.97 Å². The molecule has 2 rings (SSSR count). The minimum absolute atomic E-state index is 0.125. The minimum atomic E-state index is -0.939. The smallest absolute Gasteiger partial charge is 0.345 e. The largest absolute Gasteiger partial charge is 0.477 e. The zero-order valence-electron chi connectivity index (χ0n) is 11.2. The molecular formula is C14H15NO4S. The summed E-state index contributed by atoms with van der Waals surface area (Å²) in [5.41, 5.74) is 0.653. The molecule has 6 heteroatoms. The molecule has 1 unspecified atom stereocenters. The standard InChI is InChI=1S/C14H15NO4S/c1-8(7-19-2)13(16)15-10-3-4-11-9(5-10)6-12(20-11)14(17)18/h3-6,8H,7H2,1-2H3,(H,15,16)(H,17,18). The lowest BCUT2D eigenvalue weighted by Crippen LogP contribution is -2.23. The average Bonchev–Trinajstić information content (AvgIpc) is 2.82. The number of carboxylic acid groups (broad SMARTS) is 1. The van der Waals surface area contributed by atoms with Crippen LogP contribution < -0.4 is 5.32 Å². The number of carboxylic acids is 1. The Morgan fingerprint density at radius 3 is 2.80 bits per heavy atom. The van der Waals surface area contributed by atoms with Crippen molar-refractivity contribution < 1.29 is 19.4 Å². The first kappa shape index (κ1) is 14.5. The SMILES string of the molecule is COCC(C)C(=O)Nc1ccc2sc(C(=O)O)cc2c1. The van der Waals surface area contributed by atoms with Crippen molar-refractivity contribution in [2.24, 2.45) is 5.92 Å². The topological polar surface area (TPSA) is 75.6 Å². The lowest BCUT2D eigenvalue weighted by Gasteiger charge is -2.11. The summed E-state index contributed by atoms with van der Waals surface area (Å²) in [6.45, 7) is 2.14. The van der Waals surface area contributed by atoms with Crippen molar-refractivity contribution in [3.05, 3.63) is 29.1 Å². The zero-order chi connectivity index (χ0) is 14.7. The van der Waals surface area contributed by atoms with Gasteiger partial charge in [-0.2, -0.15) is 0 Å². The molecule has 0 aliphatic rings. The Kier molecular flexibility index (Phi) is 4.36. The third-order valence-corrected chi connectivity index (χ3v) is 3.96. The Bertz CT molecular complexity index is 650. The molecule has 0 bridgehead atoms. The number of methoxy groups -OCH3 is 1. The number of aromatic carboxylic acids is 1. The van der Waals surface area contributed by atoms with Crippen molar-refractivity contribution >= 4 is 39.0 Å². The molecule has 0 aliphatic heterocycles. The van der Waals surface area contributed by atoms with Crippen molar-refractivity contribution in [3.63, 3.8) is 0 Å². The number of carbonyl (C=O) groups is 2. The van der Waals surface area contributed by atoms with Crippen molar-refractivity contribution in [2.75, 3.05) is 19.0 Å². The zero-order valence-corrected chi connectivity index (χ0v) is 12.0. The second kappa shape index (κ2) is 6.02. The molecule has 0 fully saturated rings. The Hall–Kier alpha value is -1.92. The summed E-state index contributed by atoms with van der Waals surface area (Å²) in [6, 6.07) is 6.96. The van der Waals surface area contributed by atoms with E-state index >= 15 is 0 Å². The van der Waals surface area contributed by atoms with E-state index in [2.05, 4.69) is 5.32 Å².